The minimum absolute atomic E-state index is 0.134. The van der Waals surface area contributed by atoms with Gasteiger partial charge in [0.15, 0.2) is 0 Å². The zero-order valence-corrected chi connectivity index (χ0v) is 10.7. The average molecular weight is 199 g/mol. The van der Waals surface area contributed by atoms with Crippen molar-refractivity contribution in [1.82, 2.24) is 5.32 Å². The Morgan fingerprint density at radius 1 is 1.14 bits per heavy atom. The summed E-state index contributed by atoms with van der Waals surface area (Å²) in [5.41, 5.74) is -0.396. The van der Waals surface area contributed by atoms with Crippen molar-refractivity contribution in [3.05, 3.63) is 0 Å². The highest BCUT2D eigenvalue weighted by molar-refractivity contribution is 5.82. The zero-order valence-electron chi connectivity index (χ0n) is 10.7. The van der Waals surface area contributed by atoms with Gasteiger partial charge in [-0.2, -0.15) is 0 Å². The largest absolute Gasteiger partial charge is 0.351 e. The number of hydrogen-bond acceptors (Lipinski definition) is 1. The second-order valence-corrected chi connectivity index (χ2v) is 6.19. The Balaban J connectivity index is 4.36. The highest BCUT2D eigenvalue weighted by Gasteiger charge is 2.30. The summed E-state index contributed by atoms with van der Waals surface area (Å²) < 4.78 is 0. The first-order valence-corrected chi connectivity index (χ1v) is 5.37. The summed E-state index contributed by atoms with van der Waals surface area (Å²) in [6, 6.07) is 0. The van der Waals surface area contributed by atoms with E-state index in [0.29, 0.717) is 5.92 Å². The lowest BCUT2D eigenvalue weighted by atomic mass is 9.82. The lowest BCUT2D eigenvalue weighted by Crippen LogP contribution is -2.47. The summed E-state index contributed by atoms with van der Waals surface area (Å²) in [6.45, 7) is 14.3. The smallest absolute Gasteiger partial charge is 0.226 e. The van der Waals surface area contributed by atoms with Crippen molar-refractivity contribution in [3.8, 4) is 0 Å². The predicted molar refractivity (Wildman–Crippen MR) is 61.1 cm³/mol. The first-order chi connectivity index (χ1) is 6.04. The second kappa shape index (κ2) is 4.33. The van der Waals surface area contributed by atoms with Crippen LogP contribution in [0.15, 0.2) is 0 Å². The predicted octanol–water partition coefficient (Wildman–Crippen LogP) is 2.97. The van der Waals surface area contributed by atoms with Gasteiger partial charge in [-0.1, -0.05) is 27.7 Å². The molecular formula is C12H25NO. The van der Waals surface area contributed by atoms with Gasteiger partial charge in [0.05, 0.1) is 0 Å². The van der Waals surface area contributed by atoms with E-state index in [9.17, 15) is 4.79 Å². The van der Waals surface area contributed by atoms with Gasteiger partial charge in [0.2, 0.25) is 5.91 Å². The molecule has 0 atom stereocenters. The molecule has 0 heterocycles. The molecule has 0 aromatic carbocycles. The van der Waals surface area contributed by atoms with Gasteiger partial charge in [-0.3, -0.25) is 4.79 Å². The molecule has 2 nitrogen and oxygen atoms in total. The molecule has 14 heavy (non-hydrogen) atoms. The second-order valence-electron chi connectivity index (χ2n) is 6.19. The van der Waals surface area contributed by atoms with Crippen LogP contribution in [-0.4, -0.2) is 11.4 Å². The Hall–Kier alpha value is -0.530. The van der Waals surface area contributed by atoms with E-state index < -0.39 is 0 Å². The van der Waals surface area contributed by atoms with E-state index in [2.05, 4.69) is 19.2 Å². The van der Waals surface area contributed by atoms with Gasteiger partial charge >= 0.3 is 0 Å². The van der Waals surface area contributed by atoms with Crippen LogP contribution in [0.3, 0.4) is 0 Å². The molecule has 2 heteroatoms. The van der Waals surface area contributed by atoms with Crippen LogP contribution in [0.5, 0.6) is 0 Å². The molecule has 0 radical (unpaired) electrons. The van der Waals surface area contributed by atoms with E-state index in [1.807, 2.05) is 34.6 Å². The summed E-state index contributed by atoms with van der Waals surface area (Å²) in [5, 5.41) is 3.03. The number of carbonyl (C=O) groups excluding carboxylic acids is 1. The normalized spacial score (nSPS) is 13.1. The maximum absolute atomic E-state index is 11.9. The molecule has 0 aliphatic heterocycles. The summed E-state index contributed by atoms with van der Waals surface area (Å²) in [7, 11) is 0. The standard InChI is InChI=1S/C12H25NO/c1-9(2)8-12(6,7)10(14)13-11(3,4)5/h9H,8H2,1-7H3,(H,13,14). The van der Waals surface area contributed by atoms with Crippen LogP contribution < -0.4 is 5.32 Å². The van der Waals surface area contributed by atoms with E-state index in [1.54, 1.807) is 0 Å². The van der Waals surface area contributed by atoms with E-state index >= 15 is 0 Å². The van der Waals surface area contributed by atoms with Crippen molar-refractivity contribution < 1.29 is 4.79 Å². The third-order valence-electron chi connectivity index (χ3n) is 2.02. The van der Waals surface area contributed by atoms with Crippen molar-refractivity contribution in [2.75, 3.05) is 0 Å². The molecule has 0 aliphatic carbocycles. The van der Waals surface area contributed by atoms with Crippen molar-refractivity contribution in [1.29, 1.82) is 0 Å². The van der Waals surface area contributed by atoms with Gasteiger partial charge in [0.1, 0.15) is 0 Å². The fourth-order valence-electron chi connectivity index (χ4n) is 1.62. The molecule has 0 aromatic heterocycles. The fraction of sp³-hybridized carbons (Fsp3) is 0.917. The molecule has 0 aliphatic rings. The summed E-state index contributed by atoms with van der Waals surface area (Å²) in [4.78, 5) is 11.9. The van der Waals surface area contributed by atoms with Crippen LogP contribution in [0.2, 0.25) is 0 Å². The van der Waals surface area contributed by atoms with Crippen LogP contribution in [0.25, 0.3) is 0 Å². The van der Waals surface area contributed by atoms with Crippen LogP contribution in [0.1, 0.15) is 54.9 Å². The summed E-state index contributed by atoms with van der Waals surface area (Å²) in [5.74, 6) is 0.703. The topological polar surface area (TPSA) is 29.1 Å². The van der Waals surface area contributed by atoms with E-state index in [-0.39, 0.29) is 16.9 Å². The molecule has 0 unspecified atom stereocenters. The Labute approximate surface area is 88.5 Å². The quantitative estimate of drug-likeness (QED) is 0.744. The minimum atomic E-state index is -0.262. The third kappa shape index (κ3) is 5.25. The third-order valence-corrected chi connectivity index (χ3v) is 2.02. The van der Waals surface area contributed by atoms with Gasteiger partial charge in [-0.15, -0.1) is 0 Å². The molecule has 0 fully saturated rings. The van der Waals surface area contributed by atoms with Crippen molar-refractivity contribution in [2.45, 2.75) is 60.4 Å². The highest BCUT2D eigenvalue weighted by atomic mass is 16.2. The van der Waals surface area contributed by atoms with Crippen LogP contribution >= 0.6 is 0 Å². The number of carbonyl (C=O) groups is 1. The molecule has 0 spiro atoms. The van der Waals surface area contributed by atoms with Gasteiger partial charge in [-0.25, -0.2) is 0 Å². The molecule has 0 saturated heterocycles. The summed E-state index contributed by atoms with van der Waals surface area (Å²) >= 11 is 0. The maximum atomic E-state index is 11.9. The first kappa shape index (κ1) is 13.5. The van der Waals surface area contributed by atoms with Crippen LogP contribution in [-0.2, 0) is 4.79 Å². The SMILES string of the molecule is CC(C)CC(C)(C)C(=O)NC(C)(C)C. The van der Waals surface area contributed by atoms with Crippen LogP contribution in [0, 0.1) is 11.3 Å². The summed E-state index contributed by atoms with van der Waals surface area (Å²) in [6.07, 6.45) is 0.926. The molecule has 0 rings (SSSR count). The van der Waals surface area contributed by atoms with Crippen molar-refractivity contribution in [3.63, 3.8) is 0 Å². The first-order valence-electron chi connectivity index (χ1n) is 5.37. The molecule has 1 N–H and O–H groups in total. The lowest BCUT2D eigenvalue weighted by molar-refractivity contribution is -0.131. The number of amides is 1. The molecule has 1 amide bonds. The monoisotopic (exact) mass is 199 g/mol. The van der Waals surface area contributed by atoms with Gasteiger partial charge < -0.3 is 5.32 Å². The Morgan fingerprint density at radius 3 is 1.86 bits per heavy atom. The molecule has 0 saturated carbocycles. The number of hydrogen-bond donors (Lipinski definition) is 1. The number of nitrogens with one attached hydrogen (secondary N) is 1. The van der Waals surface area contributed by atoms with Gasteiger partial charge in [0.25, 0.3) is 0 Å². The van der Waals surface area contributed by atoms with E-state index in [1.165, 1.54) is 0 Å². The van der Waals surface area contributed by atoms with Crippen molar-refractivity contribution >= 4 is 5.91 Å². The van der Waals surface area contributed by atoms with Crippen molar-refractivity contribution in [2.24, 2.45) is 11.3 Å². The average Bonchev–Trinajstić information content (AvgIpc) is 1.79. The molecule has 84 valence electrons. The minimum Gasteiger partial charge on any atom is -0.351 e. The Bertz CT molecular complexity index is 199. The highest BCUT2D eigenvalue weighted by Crippen LogP contribution is 2.26. The zero-order chi connectivity index (χ0) is 11.6. The van der Waals surface area contributed by atoms with E-state index in [4.69, 9.17) is 0 Å². The molecule has 0 aromatic rings. The molecular weight excluding hydrogens is 174 g/mol. The molecule has 0 bridgehead atoms. The fourth-order valence-corrected chi connectivity index (χ4v) is 1.62. The van der Waals surface area contributed by atoms with Crippen LogP contribution in [0.4, 0.5) is 0 Å². The number of rotatable bonds is 3. The Morgan fingerprint density at radius 2 is 1.57 bits per heavy atom. The maximum Gasteiger partial charge on any atom is 0.226 e. The Kier molecular flexibility index (Phi) is 4.16. The van der Waals surface area contributed by atoms with Gasteiger partial charge in [-0.05, 0) is 33.1 Å². The van der Waals surface area contributed by atoms with Gasteiger partial charge in [0, 0.05) is 11.0 Å². The lowest BCUT2D eigenvalue weighted by Gasteiger charge is -2.30. The van der Waals surface area contributed by atoms with E-state index in [0.717, 1.165) is 6.42 Å².